The molecule has 0 saturated heterocycles. The van der Waals surface area contributed by atoms with Gasteiger partial charge in [-0.1, -0.05) is 23.4 Å². The molecule has 0 saturated carbocycles. The predicted molar refractivity (Wildman–Crippen MR) is 81.2 cm³/mol. The summed E-state index contributed by atoms with van der Waals surface area (Å²) in [7, 11) is 0. The van der Waals surface area contributed by atoms with Crippen LogP contribution in [0.4, 0.5) is 0 Å². The van der Waals surface area contributed by atoms with Crippen molar-refractivity contribution in [2.24, 2.45) is 0 Å². The van der Waals surface area contributed by atoms with Gasteiger partial charge >= 0.3 is 0 Å². The highest BCUT2D eigenvalue weighted by Gasteiger charge is 2.18. The Bertz CT molecular complexity index is 678. The van der Waals surface area contributed by atoms with Crippen LogP contribution in [0.1, 0.15) is 31.5 Å². The van der Waals surface area contributed by atoms with E-state index in [9.17, 15) is 4.79 Å². The predicted octanol–water partition coefficient (Wildman–Crippen LogP) is 2.14. The van der Waals surface area contributed by atoms with E-state index in [0.29, 0.717) is 18.1 Å². The molecule has 6 heteroatoms. The molecule has 1 atom stereocenters. The van der Waals surface area contributed by atoms with Crippen LogP contribution in [0.2, 0.25) is 0 Å². The summed E-state index contributed by atoms with van der Waals surface area (Å²) in [6, 6.07) is 9.48. The number of rotatable bonds is 4. The van der Waals surface area contributed by atoms with Gasteiger partial charge in [0.15, 0.2) is 5.76 Å². The molecule has 0 spiro atoms. The molecule has 0 radical (unpaired) electrons. The summed E-state index contributed by atoms with van der Waals surface area (Å²) in [5.74, 6) is 0.190. The number of nitrogens with one attached hydrogen (secondary N) is 1. The third kappa shape index (κ3) is 3.16. The molecule has 1 N–H and O–H groups in total. The summed E-state index contributed by atoms with van der Waals surface area (Å²) in [6.07, 6.45) is 5.47. The maximum Gasteiger partial charge on any atom is 0.286 e. The van der Waals surface area contributed by atoms with Gasteiger partial charge in [-0.05, 0) is 38.0 Å². The van der Waals surface area contributed by atoms with Crippen molar-refractivity contribution in [3.63, 3.8) is 0 Å². The zero-order valence-corrected chi connectivity index (χ0v) is 12.4. The number of carbonyl (C=O) groups is 1. The van der Waals surface area contributed by atoms with Crippen LogP contribution < -0.4 is 5.32 Å². The highest BCUT2D eigenvalue weighted by atomic mass is 16.5. The number of amides is 1. The van der Waals surface area contributed by atoms with E-state index in [1.807, 2.05) is 49.5 Å². The Hall–Kier alpha value is -2.63. The highest BCUT2D eigenvalue weighted by Crippen LogP contribution is 2.14. The van der Waals surface area contributed by atoms with Gasteiger partial charge in [0.2, 0.25) is 0 Å². The number of hydrogen-bond donors (Lipinski definition) is 1. The Morgan fingerprint density at radius 1 is 1.36 bits per heavy atom. The topological polar surface area (TPSA) is 69.0 Å². The first-order valence-electron chi connectivity index (χ1n) is 7.35. The van der Waals surface area contributed by atoms with Gasteiger partial charge in [0.05, 0.1) is 24.5 Å². The molecule has 0 bridgehead atoms. The SMILES string of the molecule is C[C@H](NC(=O)C1=CCCCO1)c1cn(-c2ccccc2)nn1. The summed E-state index contributed by atoms with van der Waals surface area (Å²) in [6.45, 7) is 2.47. The van der Waals surface area contributed by atoms with Gasteiger partial charge < -0.3 is 10.1 Å². The third-order valence-electron chi connectivity index (χ3n) is 3.48. The quantitative estimate of drug-likeness (QED) is 0.939. The fourth-order valence-corrected chi connectivity index (χ4v) is 2.24. The molecule has 1 aliphatic rings. The van der Waals surface area contributed by atoms with Crippen molar-refractivity contribution < 1.29 is 9.53 Å². The number of aromatic nitrogens is 3. The fraction of sp³-hybridized carbons (Fsp3) is 0.312. The molecule has 0 unspecified atom stereocenters. The number of nitrogens with zero attached hydrogens (tertiary/aromatic N) is 3. The number of carbonyl (C=O) groups excluding carboxylic acids is 1. The maximum absolute atomic E-state index is 12.1. The largest absolute Gasteiger partial charge is 0.488 e. The fourth-order valence-electron chi connectivity index (χ4n) is 2.24. The molecule has 1 aromatic heterocycles. The standard InChI is InChI=1S/C16H18N4O2/c1-12(17-16(21)15-9-5-6-10-22-15)14-11-20(19-18-14)13-7-3-2-4-8-13/h2-4,7-9,11-12H,5-6,10H2,1H3,(H,17,21)/t12-/m0/s1. The third-order valence-corrected chi connectivity index (χ3v) is 3.48. The van der Waals surface area contributed by atoms with Crippen molar-refractivity contribution >= 4 is 5.91 Å². The van der Waals surface area contributed by atoms with Crippen molar-refractivity contribution in [1.82, 2.24) is 20.3 Å². The first-order chi connectivity index (χ1) is 10.7. The Morgan fingerprint density at radius 3 is 2.91 bits per heavy atom. The van der Waals surface area contributed by atoms with Crippen LogP contribution in [-0.2, 0) is 9.53 Å². The van der Waals surface area contributed by atoms with E-state index in [4.69, 9.17) is 4.74 Å². The summed E-state index contributed by atoms with van der Waals surface area (Å²) < 4.78 is 7.05. The van der Waals surface area contributed by atoms with Crippen LogP contribution in [0.5, 0.6) is 0 Å². The molecule has 1 aliphatic heterocycles. The van der Waals surface area contributed by atoms with Gasteiger partial charge in [-0.15, -0.1) is 5.10 Å². The molecule has 6 nitrogen and oxygen atoms in total. The Morgan fingerprint density at radius 2 is 2.18 bits per heavy atom. The molecule has 22 heavy (non-hydrogen) atoms. The van der Waals surface area contributed by atoms with Crippen LogP contribution in [0.3, 0.4) is 0 Å². The van der Waals surface area contributed by atoms with Gasteiger partial charge in [0.25, 0.3) is 5.91 Å². The van der Waals surface area contributed by atoms with Gasteiger partial charge in [-0.2, -0.15) is 0 Å². The normalized spacial score (nSPS) is 15.6. The lowest BCUT2D eigenvalue weighted by Crippen LogP contribution is -2.30. The van der Waals surface area contributed by atoms with E-state index in [2.05, 4.69) is 15.6 Å². The number of allylic oxidation sites excluding steroid dienone is 1. The molecule has 0 aliphatic carbocycles. The highest BCUT2D eigenvalue weighted by molar-refractivity contribution is 5.91. The van der Waals surface area contributed by atoms with Crippen LogP contribution in [0, 0.1) is 0 Å². The minimum Gasteiger partial charge on any atom is -0.488 e. The molecule has 114 valence electrons. The van der Waals surface area contributed by atoms with Crippen LogP contribution in [-0.4, -0.2) is 27.5 Å². The lowest BCUT2D eigenvalue weighted by molar-refractivity contribution is -0.121. The molecule has 1 amide bonds. The number of benzene rings is 1. The lowest BCUT2D eigenvalue weighted by Gasteiger charge is -2.16. The minimum atomic E-state index is -0.239. The molecule has 1 aromatic carbocycles. The molecule has 2 aromatic rings. The van der Waals surface area contributed by atoms with Crippen molar-refractivity contribution in [2.75, 3.05) is 6.61 Å². The van der Waals surface area contributed by atoms with Gasteiger partial charge in [-0.25, -0.2) is 4.68 Å². The first kappa shape index (κ1) is 14.3. The van der Waals surface area contributed by atoms with Crippen LogP contribution in [0.25, 0.3) is 5.69 Å². The van der Waals surface area contributed by atoms with E-state index >= 15 is 0 Å². The Kier molecular flexibility index (Phi) is 4.18. The summed E-state index contributed by atoms with van der Waals surface area (Å²) in [5, 5.41) is 11.1. The Balaban J connectivity index is 1.68. The van der Waals surface area contributed by atoms with E-state index in [1.54, 1.807) is 4.68 Å². The molecule has 3 rings (SSSR count). The van der Waals surface area contributed by atoms with E-state index in [0.717, 1.165) is 18.5 Å². The number of para-hydroxylation sites is 1. The van der Waals surface area contributed by atoms with Gasteiger partial charge in [-0.3, -0.25) is 4.79 Å². The average molecular weight is 298 g/mol. The summed E-state index contributed by atoms with van der Waals surface area (Å²) in [4.78, 5) is 12.1. The second-order valence-electron chi connectivity index (χ2n) is 5.18. The number of ether oxygens (including phenoxy) is 1. The van der Waals surface area contributed by atoms with Crippen LogP contribution >= 0.6 is 0 Å². The molecular formula is C16H18N4O2. The summed E-state index contributed by atoms with van der Waals surface area (Å²) >= 11 is 0. The second kappa shape index (κ2) is 6.43. The van der Waals surface area contributed by atoms with E-state index in [1.165, 1.54) is 0 Å². The average Bonchev–Trinajstić information content (AvgIpc) is 3.06. The van der Waals surface area contributed by atoms with Crippen molar-refractivity contribution in [1.29, 1.82) is 0 Å². The smallest absolute Gasteiger partial charge is 0.286 e. The second-order valence-corrected chi connectivity index (χ2v) is 5.18. The Labute approximate surface area is 128 Å². The van der Waals surface area contributed by atoms with Gasteiger partial charge in [0, 0.05) is 0 Å². The zero-order chi connectivity index (χ0) is 15.4. The van der Waals surface area contributed by atoms with Crippen molar-refractivity contribution in [2.45, 2.75) is 25.8 Å². The number of hydrogen-bond acceptors (Lipinski definition) is 4. The summed E-state index contributed by atoms with van der Waals surface area (Å²) in [5.41, 5.74) is 1.63. The monoisotopic (exact) mass is 298 g/mol. The zero-order valence-electron chi connectivity index (χ0n) is 12.4. The maximum atomic E-state index is 12.1. The van der Waals surface area contributed by atoms with Gasteiger partial charge in [0.1, 0.15) is 5.69 Å². The molecular weight excluding hydrogens is 280 g/mol. The van der Waals surface area contributed by atoms with Crippen molar-refractivity contribution in [3.05, 3.63) is 54.1 Å². The first-order valence-corrected chi connectivity index (χ1v) is 7.35. The molecule has 0 fully saturated rings. The lowest BCUT2D eigenvalue weighted by atomic mass is 10.2. The van der Waals surface area contributed by atoms with Crippen LogP contribution in [0.15, 0.2) is 48.4 Å². The van der Waals surface area contributed by atoms with E-state index < -0.39 is 0 Å². The molecule has 2 heterocycles. The van der Waals surface area contributed by atoms with E-state index in [-0.39, 0.29) is 11.9 Å². The minimum absolute atomic E-state index is 0.207. The van der Waals surface area contributed by atoms with Crippen molar-refractivity contribution in [3.8, 4) is 5.69 Å².